The first kappa shape index (κ1) is 24.5. The van der Waals surface area contributed by atoms with Crippen molar-refractivity contribution < 1.29 is 27.5 Å². The summed E-state index contributed by atoms with van der Waals surface area (Å²) >= 11 is 0. The molecule has 8 nitrogen and oxygen atoms in total. The molecule has 37 heavy (non-hydrogen) atoms. The van der Waals surface area contributed by atoms with E-state index in [0.29, 0.717) is 30.5 Å². The van der Waals surface area contributed by atoms with E-state index in [2.05, 4.69) is 4.90 Å². The number of sulfonamides is 1. The van der Waals surface area contributed by atoms with E-state index >= 15 is 0 Å². The SMILES string of the molecule is O=C1/C(=C(/O)c2ccc(F)cc2)N(CC(=O)N2CCN(c3ccccc3)CC2)S(=O)(=O)c2ccccc21. The number of benzene rings is 3. The van der Waals surface area contributed by atoms with Gasteiger partial charge in [-0.05, 0) is 48.5 Å². The quantitative estimate of drug-likeness (QED) is 0.418. The van der Waals surface area contributed by atoms with E-state index in [1.807, 2.05) is 30.3 Å². The van der Waals surface area contributed by atoms with Crippen LogP contribution < -0.4 is 4.90 Å². The first-order chi connectivity index (χ1) is 17.8. The lowest BCUT2D eigenvalue weighted by Gasteiger charge is -2.38. The lowest BCUT2D eigenvalue weighted by atomic mass is 10.0. The Labute approximate surface area is 213 Å². The molecule has 2 aliphatic rings. The number of allylic oxidation sites excluding steroid dienone is 1. The molecule has 2 heterocycles. The van der Waals surface area contributed by atoms with Gasteiger partial charge in [-0.1, -0.05) is 30.3 Å². The molecule has 190 valence electrons. The highest BCUT2D eigenvalue weighted by Gasteiger charge is 2.43. The van der Waals surface area contributed by atoms with Crippen molar-refractivity contribution in [1.29, 1.82) is 0 Å². The van der Waals surface area contributed by atoms with Gasteiger partial charge in [-0.2, -0.15) is 0 Å². The highest BCUT2D eigenvalue weighted by atomic mass is 32.2. The molecule has 5 rings (SSSR count). The van der Waals surface area contributed by atoms with Crippen molar-refractivity contribution in [2.24, 2.45) is 0 Å². The minimum absolute atomic E-state index is 0.0493. The van der Waals surface area contributed by atoms with Crippen LogP contribution in [0, 0.1) is 5.82 Å². The number of hydrogen-bond donors (Lipinski definition) is 1. The zero-order chi connectivity index (χ0) is 26.2. The van der Waals surface area contributed by atoms with Crippen LogP contribution in [-0.2, 0) is 14.8 Å². The van der Waals surface area contributed by atoms with Gasteiger partial charge in [0.15, 0.2) is 5.76 Å². The molecule has 0 unspecified atom stereocenters. The van der Waals surface area contributed by atoms with Crippen LogP contribution >= 0.6 is 0 Å². The standard InChI is InChI=1S/C27H24FN3O5S/c28-20-12-10-19(11-13-20)26(33)25-27(34)22-8-4-5-9-23(22)37(35,36)31(25)18-24(32)30-16-14-29(15-17-30)21-6-2-1-3-7-21/h1-13,33H,14-18H2/b26-25-. The predicted molar refractivity (Wildman–Crippen MR) is 136 cm³/mol. The van der Waals surface area contributed by atoms with Crippen molar-refractivity contribution in [3.05, 3.63) is 102 Å². The van der Waals surface area contributed by atoms with E-state index in [0.717, 1.165) is 17.8 Å². The van der Waals surface area contributed by atoms with Crippen molar-refractivity contribution >= 4 is 33.2 Å². The maximum atomic E-state index is 13.6. The average Bonchev–Trinajstić information content (AvgIpc) is 2.92. The normalized spacial score (nSPS) is 18.4. The summed E-state index contributed by atoms with van der Waals surface area (Å²) in [5.41, 5.74) is 0.436. The molecule has 0 aromatic heterocycles. The van der Waals surface area contributed by atoms with E-state index in [1.54, 1.807) is 4.90 Å². The minimum atomic E-state index is -4.35. The van der Waals surface area contributed by atoms with Gasteiger partial charge in [0.25, 0.3) is 10.0 Å². The Morgan fingerprint density at radius 2 is 1.49 bits per heavy atom. The molecule has 3 aromatic carbocycles. The second-order valence-corrected chi connectivity index (χ2v) is 10.6. The summed E-state index contributed by atoms with van der Waals surface area (Å²) < 4.78 is 41.3. The number of rotatable bonds is 4. The van der Waals surface area contributed by atoms with Crippen LogP contribution in [0.4, 0.5) is 10.1 Å². The van der Waals surface area contributed by atoms with E-state index in [-0.39, 0.29) is 16.0 Å². The summed E-state index contributed by atoms with van der Waals surface area (Å²) in [6, 6.07) is 20.1. The summed E-state index contributed by atoms with van der Waals surface area (Å²) in [4.78, 5) is 30.2. The number of aliphatic hydroxyl groups excluding tert-OH is 1. The second-order valence-electron chi connectivity index (χ2n) is 8.74. The fraction of sp³-hybridized carbons (Fsp3) is 0.185. The zero-order valence-corrected chi connectivity index (χ0v) is 20.6. The molecule has 1 fully saturated rings. The first-order valence-electron chi connectivity index (χ1n) is 11.7. The molecular formula is C27H24FN3O5S. The first-order valence-corrected chi connectivity index (χ1v) is 13.1. The molecule has 3 aromatic rings. The average molecular weight is 522 g/mol. The smallest absolute Gasteiger partial charge is 0.265 e. The molecule has 0 radical (unpaired) electrons. The lowest BCUT2D eigenvalue weighted by Crippen LogP contribution is -2.52. The van der Waals surface area contributed by atoms with Crippen LogP contribution in [0.2, 0.25) is 0 Å². The number of carbonyl (C=O) groups is 2. The van der Waals surface area contributed by atoms with Crippen LogP contribution in [-0.4, -0.2) is 67.1 Å². The molecule has 1 N–H and O–H groups in total. The summed E-state index contributed by atoms with van der Waals surface area (Å²) in [5, 5.41) is 11.0. The fourth-order valence-corrected chi connectivity index (χ4v) is 6.19. The third-order valence-corrected chi connectivity index (χ3v) is 8.34. The monoisotopic (exact) mass is 521 g/mol. The van der Waals surface area contributed by atoms with Crippen molar-refractivity contribution in [3.63, 3.8) is 0 Å². The highest BCUT2D eigenvalue weighted by molar-refractivity contribution is 7.89. The van der Waals surface area contributed by atoms with Crippen LogP contribution in [0.1, 0.15) is 15.9 Å². The fourth-order valence-electron chi connectivity index (χ4n) is 4.57. The summed E-state index contributed by atoms with van der Waals surface area (Å²) in [7, 11) is -4.35. The molecule has 2 aliphatic heterocycles. The Morgan fingerprint density at radius 3 is 2.16 bits per heavy atom. The molecule has 0 aliphatic carbocycles. The molecule has 1 amide bonds. The number of hydrogen-bond acceptors (Lipinski definition) is 6. The molecule has 0 saturated carbocycles. The van der Waals surface area contributed by atoms with E-state index in [4.69, 9.17) is 0 Å². The van der Waals surface area contributed by atoms with Crippen molar-refractivity contribution in [2.75, 3.05) is 37.6 Å². The topological polar surface area (TPSA) is 98.2 Å². The van der Waals surface area contributed by atoms with Crippen molar-refractivity contribution in [1.82, 2.24) is 9.21 Å². The molecule has 0 spiro atoms. The number of para-hydroxylation sites is 1. The van der Waals surface area contributed by atoms with Gasteiger partial charge in [-0.25, -0.2) is 17.1 Å². The Bertz CT molecular complexity index is 1480. The number of fused-ring (bicyclic) bond motifs is 1. The van der Waals surface area contributed by atoms with Gasteiger partial charge in [-0.15, -0.1) is 0 Å². The van der Waals surface area contributed by atoms with Crippen LogP contribution in [0.25, 0.3) is 5.76 Å². The van der Waals surface area contributed by atoms with Crippen LogP contribution in [0.15, 0.2) is 89.5 Å². The second kappa shape index (κ2) is 9.70. The van der Waals surface area contributed by atoms with Crippen molar-refractivity contribution in [3.8, 4) is 0 Å². The maximum absolute atomic E-state index is 13.6. The summed E-state index contributed by atoms with van der Waals surface area (Å²) in [5.74, 6) is -2.44. The van der Waals surface area contributed by atoms with Gasteiger partial charge in [0, 0.05) is 43.0 Å². The van der Waals surface area contributed by atoms with Crippen molar-refractivity contribution in [2.45, 2.75) is 4.90 Å². The number of carbonyl (C=O) groups excluding carboxylic acids is 2. The van der Waals surface area contributed by atoms with Gasteiger partial charge in [0.05, 0.1) is 4.90 Å². The van der Waals surface area contributed by atoms with E-state index < -0.39 is 45.5 Å². The van der Waals surface area contributed by atoms with Gasteiger partial charge < -0.3 is 14.9 Å². The Morgan fingerprint density at radius 1 is 0.865 bits per heavy atom. The maximum Gasteiger partial charge on any atom is 0.265 e. The minimum Gasteiger partial charge on any atom is -0.505 e. The van der Waals surface area contributed by atoms with Crippen LogP contribution in [0.5, 0.6) is 0 Å². The number of nitrogens with zero attached hydrogens (tertiary/aromatic N) is 3. The number of aliphatic hydroxyl groups is 1. The molecule has 1 saturated heterocycles. The van der Waals surface area contributed by atoms with Crippen LogP contribution in [0.3, 0.4) is 0 Å². The van der Waals surface area contributed by atoms with Gasteiger partial charge in [0.1, 0.15) is 18.1 Å². The number of Topliss-reactive ketones (excluding diaryl/α,β-unsaturated/α-hetero) is 1. The zero-order valence-electron chi connectivity index (χ0n) is 19.7. The Hall–Kier alpha value is -4.18. The Kier molecular flexibility index (Phi) is 6.43. The third kappa shape index (κ3) is 4.55. The Balaban J connectivity index is 1.47. The molecular weight excluding hydrogens is 497 g/mol. The van der Waals surface area contributed by atoms with Gasteiger partial charge in [0.2, 0.25) is 11.7 Å². The number of ketones is 1. The van der Waals surface area contributed by atoms with E-state index in [1.165, 1.54) is 36.4 Å². The molecule has 10 heteroatoms. The number of anilines is 1. The van der Waals surface area contributed by atoms with Gasteiger partial charge >= 0.3 is 0 Å². The number of amides is 1. The summed E-state index contributed by atoms with van der Waals surface area (Å²) in [6.07, 6.45) is 0. The number of halogens is 1. The lowest BCUT2D eigenvalue weighted by molar-refractivity contribution is -0.131. The molecule has 0 atom stereocenters. The highest BCUT2D eigenvalue weighted by Crippen LogP contribution is 2.35. The molecule has 0 bridgehead atoms. The summed E-state index contributed by atoms with van der Waals surface area (Å²) in [6.45, 7) is 1.21. The third-order valence-electron chi connectivity index (χ3n) is 6.54. The largest absolute Gasteiger partial charge is 0.505 e. The van der Waals surface area contributed by atoms with E-state index in [9.17, 15) is 27.5 Å². The van der Waals surface area contributed by atoms with Gasteiger partial charge in [-0.3, -0.25) is 9.59 Å². The predicted octanol–water partition coefficient (Wildman–Crippen LogP) is 3.29. The number of piperazine rings is 1.